The molecule has 2 atom stereocenters. The van der Waals surface area contributed by atoms with Gasteiger partial charge in [0, 0.05) is 18.6 Å². The zero-order valence-electron chi connectivity index (χ0n) is 13.4. The number of hydrogen-bond acceptors (Lipinski definition) is 2. The highest BCUT2D eigenvalue weighted by molar-refractivity contribution is 5.21. The molecule has 1 aromatic rings. The Labute approximate surface area is 124 Å². The van der Waals surface area contributed by atoms with Gasteiger partial charge < -0.3 is 5.32 Å². The van der Waals surface area contributed by atoms with Crippen LogP contribution in [0.1, 0.15) is 50.7 Å². The van der Waals surface area contributed by atoms with Crippen LogP contribution in [-0.2, 0) is 6.54 Å². The largest absolute Gasteiger partial charge is 0.313 e. The van der Waals surface area contributed by atoms with Crippen molar-refractivity contribution in [2.75, 3.05) is 13.1 Å². The van der Waals surface area contributed by atoms with E-state index in [2.05, 4.69) is 55.3 Å². The van der Waals surface area contributed by atoms with Gasteiger partial charge in [-0.1, -0.05) is 43.2 Å². The first kappa shape index (κ1) is 15.5. The Morgan fingerprint density at radius 2 is 2.00 bits per heavy atom. The molecule has 0 spiro atoms. The highest BCUT2D eigenvalue weighted by Gasteiger charge is 2.26. The van der Waals surface area contributed by atoms with Crippen LogP contribution < -0.4 is 5.32 Å². The molecule has 1 aliphatic rings. The molecule has 0 saturated carbocycles. The second kappa shape index (κ2) is 7.80. The van der Waals surface area contributed by atoms with Crippen molar-refractivity contribution in [1.82, 2.24) is 10.2 Å². The van der Waals surface area contributed by atoms with Gasteiger partial charge in [0.2, 0.25) is 0 Å². The monoisotopic (exact) mass is 274 g/mol. The molecule has 0 radical (unpaired) electrons. The third-order valence-corrected chi connectivity index (χ3v) is 4.46. The Kier molecular flexibility index (Phi) is 6.06. The molecule has 0 amide bonds. The Hall–Kier alpha value is -0.860. The Morgan fingerprint density at radius 1 is 1.25 bits per heavy atom. The van der Waals surface area contributed by atoms with Gasteiger partial charge in [0.15, 0.2) is 0 Å². The highest BCUT2D eigenvalue weighted by atomic mass is 15.2. The summed E-state index contributed by atoms with van der Waals surface area (Å²) >= 11 is 0. The molecule has 1 aromatic carbocycles. The predicted molar refractivity (Wildman–Crippen MR) is 87.0 cm³/mol. The average Bonchev–Trinajstić information content (AvgIpc) is 2.48. The Balaban J connectivity index is 1.97. The van der Waals surface area contributed by atoms with Gasteiger partial charge in [-0.15, -0.1) is 0 Å². The van der Waals surface area contributed by atoms with Gasteiger partial charge in [0.25, 0.3) is 0 Å². The number of hydrogen-bond donors (Lipinski definition) is 1. The number of likely N-dealkylation sites (tertiary alicyclic amines) is 1. The zero-order valence-corrected chi connectivity index (χ0v) is 13.4. The summed E-state index contributed by atoms with van der Waals surface area (Å²) in [6.07, 6.45) is 5.29. The van der Waals surface area contributed by atoms with Gasteiger partial charge in [-0.05, 0) is 51.8 Å². The van der Waals surface area contributed by atoms with E-state index in [4.69, 9.17) is 0 Å². The van der Waals surface area contributed by atoms with E-state index in [9.17, 15) is 0 Å². The van der Waals surface area contributed by atoms with Crippen LogP contribution in [0.3, 0.4) is 0 Å². The van der Waals surface area contributed by atoms with Crippen LogP contribution in [0.4, 0.5) is 0 Å². The molecule has 2 heteroatoms. The number of piperidine rings is 1. The van der Waals surface area contributed by atoms with Gasteiger partial charge in [-0.25, -0.2) is 0 Å². The smallest absolute Gasteiger partial charge is 0.0250 e. The summed E-state index contributed by atoms with van der Waals surface area (Å²) in [6.45, 7) is 10.2. The molecule has 1 N–H and O–H groups in total. The van der Waals surface area contributed by atoms with Crippen molar-refractivity contribution in [2.45, 2.75) is 65.1 Å². The zero-order chi connectivity index (χ0) is 14.4. The van der Waals surface area contributed by atoms with Gasteiger partial charge in [-0.2, -0.15) is 0 Å². The van der Waals surface area contributed by atoms with Crippen LogP contribution in [0.2, 0.25) is 0 Å². The van der Waals surface area contributed by atoms with Crippen molar-refractivity contribution in [3.05, 3.63) is 35.4 Å². The molecule has 1 fully saturated rings. The van der Waals surface area contributed by atoms with Crippen molar-refractivity contribution in [3.63, 3.8) is 0 Å². The van der Waals surface area contributed by atoms with Gasteiger partial charge in [0.1, 0.15) is 0 Å². The molecule has 1 heterocycles. The van der Waals surface area contributed by atoms with Gasteiger partial charge >= 0.3 is 0 Å². The second-order valence-corrected chi connectivity index (χ2v) is 6.26. The molecule has 0 aromatic heterocycles. The first-order chi connectivity index (χ1) is 9.70. The van der Waals surface area contributed by atoms with E-state index in [-0.39, 0.29) is 0 Å². The number of aryl methyl sites for hydroxylation is 1. The first-order valence-electron chi connectivity index (χ1n) is 8.23. The maximum atomic E-state index is 3.69. The lowest BCUT2D eigenvalue weighted by Gasteiger charge is -2.39. The topological polar surface area (TPSA) is 15.3 Å². The summed E-state index contributed by atoms with van der Waals surface area (Å²) in [5.41, 5.74) is 2.80. The highest BCUT2D eigenvalue weighted by Crippen LogP contribution is 2.22. The second-order valence-electron chi connectivity index (χ2n) is 6.26. The Bertz CT molecular complexity index is 385. The fraction of sp³-hybridized carbons (Fsp3) is 0.667. The van der Waals surface area contributed by atoms with E-state index >= 15 is 0 Å². The van der Waals surface area contributed by atoms with Crippen molar-refractivity contribution < 1.29 is 0 Å². The van der Waals surface area contributed by atoms with E-state index in [1.807, 2.05) is 0 Å². The van der Waals surface area contributed by atoms with E-state index in [1.165, 1.54) is 43.4 Å². The quantitative estimate of drug-likeness (QED) is 0.850. The summed E-state index contributed by atoms with van der Waals surface area (Å²) in [6, 6.07) is 10.3. The van der Waals surface area contributed by atoms with E-state index in [0.717, 1.165) is 13.1 Å². The lowest BCUT2D eigenvalue weighted by molar-refractivity contribution is 0.112. The number of nitrogens with zero attached hydrogens (tertiary/aromatic N) is 1. The van der Waals surface area contributed by atoms with Crippen molar-refractivity contribution in [3.8, 4) is 0 Å². The lowest BCUT2D eigenvalue weighted by atomic mass is 9.95. The summed E-state index contributed by atoms with van der Waals surface area (Å²) < 4.78 is 0. The molecule has 1 aliphatic heterocycles. The van der Waals surface area contributed by atoms with Gasteiger partial charge in [-0.3, -0.25) is 4.90 Å². The Morgan fingerprint density at radius 3 is 2.70 bits per heavy atom. The first-order valence-corrected chi connectivity index (χ1v) is 8.23. The molecule has 0 aliphatic carbocycles. The van der Waals surface area contributed by atoms with Crippen LogP contribution in [-0.4, -0.2) is 30.1 Å². The molecular formula is C18H30N2. The summed E-state index contributed by atoms with van der Waals surface area (Å²) in [5.74, 6) is 0. The van der Waals surface area contributed by atoms with Crippen LogP contribution in [0.5, 0.6) is 0 Å². The SMILES string of the molecule is CCCNC(C)C1CCCCN1Cc1ccc(C)cc1. The molecule has 2 nitrogen and oxygen atoms in total. The van der Waals surface area contributed by atoms with Crippen molar-refractivity contribution >= 4 is 0 Å². The van der Waals surface area contributed by atoms with E-state index < -0.39 is 0 Å². The van der Waals surface area contributed by atoms with Crippen LogP contribution >= 0.6 is 0 Å². The van der Waals surface area contributed by atoms with E-state index in [0.29, 0.717) is 12.1 Å². The lowest BCUT2D eigenvalue weighted by Crippen LogP contribution is -2.50. The minimum Gasteiger partial charge on any atom is -0.313 e. The molecule has 1 saturated heterocycles. The van der Waals surface area contributed by atoms with Crippen LogP contribution in [0, 0.1) is 6.92 Å². The maximum absolute atomic E-state index is 3.69. The number of benzene rings is 1. The van der Waals surface area contributed by atoms with Gasteiger partial charge in [0.05, 0.1) is 0 Å². The molecule has 0 bridgehead atoms. The number of nitrogens with one attached hydrogen (secondary N) is 1. The minimum atomic E-state index is 0.598. The minimum absolute atomic E-state index is 0.598. The third kappa shape index (κ3) is 4.32. The summed E-state index contributed by atoms with van der Waals surface area (Å²) in [4.78, 5) is 2.68. The predicted octanol–water partition coefficient (Wildman–Crippen LogP) is 3.74. The van der Waals surface area contributed by atoms with Crippen LogP contribution in [0.15, 0.2) is 24.3 Å². The molecule has 2 rings (SSSR count). The van der Waals surface area contributed by atoms with E-state index in [1.54, 1.807) is 0 Å². The fourth-order valence-electron chi connectivity index (χ4n) is 3.22. The van der Waals surface area contributed by atoms with Crippen LogP contribution in [0.25, 0.3) is 0 Å². The van der Waals surface area contributed by atoms with Crippen molar-refractivity contribution in [1.29, 1.82) is 0 Å². The molecular weight excluding hydrogens is 244 g/mol. The third-order valence-electron chi connectivity index (χ3n) is 4.46. The number of rotatable bonds is 6. The molecule has 20 heavy (non-hydrogen) atoms. The summed E-state index contributed by atoms with van der Waals surface area (Å²) in [5, 5.41) is 3.69. The molecule has 112 valence electrons. The summed E-state index contributed by atoms with van der Waals surface area (Å²) in [7, 11) is 0. The maximum Gasteiger partial charge on any atom is 0.0250 e. The van der Waals surface area contributed by atoms with Crippen molar-refractivity contribution in [2.24, 2.45) is 0 Å². The fourth-order valence-corrected chi connectivity index (χ4v) is 3.22. The molecule has 2 unspecified atom stereocenters. The normalized spacial score (nSPS) is 21.9. The average molecular weight is 274 g/mol. The standard InChI is InChI=1S/C18H30N2/c1-4-12-19-16(3)18-7-5-6-13-20(18)14-17-10-8-15(2)9-11-17/h8-11,16,18-19H,4-7,12-14H2,1-3H3.